The summed E-state index contributed by atoms with van der Waals surface area (Å²) in [5.74, 6) is 2.43. The van der Waals surface area contributed by atoms with E-state index in [1.807, 2.05) is 34.9 Å². The Balaban J connectivity index is 1.89. The molecule has 0 saturated heterocycles. The highest BCUT2D eigenvalue weighted by molar-refractivity contribution is 7.99. The van der Waals surface area contributed by atoms with Crippen LogP contribution in [-0.2, 0) is 6.54 Å². The van der Waals surface area contributed by atoms with Crippen LogP contribution >= 0.6 is 11.8 Å². The first-order valence-corrected chi connectivity index (χ1v) is 7.92. The van der Waals surface area contributed by atoms with E-state index in [4.69, 9.17) is 0 Å². The predicted octanol–water partition coefficient (Wildman–Crippen LogP) is 3.49. The van der Waals surface area contributed by atoms with Gasteiger partial charge in [0.15, 0.2) is 0 Å². The van der Waals surface area contributed by atoms with Crippen LogP contribution in [0.4, 0.5) is 5.69 Å². The van der Waals surface area contributed by atoms with E-state index in [0.29, 0.717) is 0 Å². The van der Waals surface area contributed by atoms with Gasteiger partial charge in [-0.2, -0.15) is 16.9 Å². The zero-order valence-corrected chi connectivity index (χ0v) is 12.2. The molecule has 0 aliphatic heterocycles. The van der Waals surface area contributed by atoms with Crippen molar-refractivity contribution in [3.8, 4) is 0 Å². The van der Waals surface area contributed by atoms with Gasteiger partial charge in [-0.05, 0) is 35.6 Å². The van der Waals surface area contributed by atoms with Gasteiger partial charge in [-0.3, -0.25) is 4.68 Å². The highest BCUT2D eigenvalue weighted by Crippen LogP contribution is 2.16. The molecule has 0 fully saturated rings. The lowest BCUT2D eigenvalue weighted by molar-refractivity contribution is 0.687. The van der Waals surface area contributed by atoms with E-state index in [-0.39, 0.29) is 0 Å². The molecule has 4 heteroatoms. The minimum Gasteiger partial charge on any atom is -0.385 e. The normalized spacial score (nSPS) is 10.6. The van der Waals surface area contributed by atoms with Gasteiger partial charge >= 0.3 is 0 Å². The fourth-order valence-corrected chi connectivity index (χ4v) is 2.58. The summed E-state index contributed by atoms with van der Waals surface area (Å²) in [6.07, 6.45) is 5.02. The molecule has 19 heavy (non-hydrogen) atoms. The van der Waals surface area contributed by atoms with Crippen molar-refractivity contribution in [2.24, 2.45) is 0 Å². The molecule has 0 unspecified atom stereocenters. The molecule has 1 N–H and O–H groups in total. The molecule has 102 valence electrons. The molecule has 0 radical (unpaired) electrons. The second kappa shape index (κ2) is 7.89. The number of hydrogen-bond acceptors (Lipinski definition) is 3. The number of thioether (sulfide) groups is 1. The van der Waals surface area contributed by atoms with Crippen molar-refractivity contribution in [2.45, 2.75) is 19.9 Å². The van der Waals surface area contributed by atoms with Gasteiger partial charge in [0.2, 0.25) is 0 Å². The van der Waals surface area contributed by atoms with Crippen LogP contribution in [-0.4, -0.2) is 27.8 Å². The van der Waals surface area contributed by atoms with Crippen molar-refractivity contribution in [3.05, 3.63) is 48.3 Å². The van der Waals surface area contributed by atoms with Crippen LogP contribution in [0, 0.1) is 0 Å². The van der Waals surface area contributed by atoms with Crippen molar-refractivity contribution < 1.29 is 0 Å². The predicted molar refractivity (Wildman–Crippen MR) is 83.9 cm³/mol. The van der Waals surface area contributed by atoms with Crippen molar-refractivity contribution in [2.75, 3.05) is 23.4 Å². The number of anilines is 1. The summed E-state index contributed by atoms with van der Waals surface area (Å²) in [5, 5.41) is 7.79. The zero-order chi connectivity index (χ0) is 13.3. The summed E-state index contributed by atoms with van der Waals surface area (Å²) in [5.41, 5.74) is 2.51. The van der Waals surface area contributed by atoms with Crippen LogP contribution in [0.2, 0.25) is 0 Å². The quantitative estimate of drug-likeness (QED) is 0.748. The SMILES string of the molecule is CCSCCCNc1ccccc1Cn1cccn1. The fraction of sp³-hybridized carbons (Fsp3) is 0.400. The zero-order valence-electron chi connectivity index (χ0n) is 11.4. The number of benzene rings is 1. The molecule has 0 aliphatic carbocycles. The van der Waals surface area contributed by atoms with E-state index in [2.05, 4.69) is 41.6 Å². The average molecular weight is 275 g/mol. The maximum Gasteiger partial charge on any atom is 0.0679 e. The largest absolute Gasteiger partial charge is 0.385 e. The summed E-state index contributed by atoms with van der Waals surface area (Å²) in [4.78, 5) is 0. The lowest BCUT2D eigenvalue weighted by Crippen LogP contribution is -2.08. The third-order valence-electron chi connectivity index (χ3n) is 2.89. The Morgan fingerprint density at radius 3 is 2.95 bits per heavy atom. The highest BCUT2D eigenvalue weighted by atomic mass is 32.2. The first kappa shape index (κ1) is 14.0. The maximum absolute atomic E-state index is 4.26. The first-order chi connectivity index (χ1) is 9.40. The van der Waals surface area contributed by atoms with Gasteiger partial charge in [0.1, 0.15) is 0 Å². The third kappa shape index (κ3) is 4.63. The maximum atomic E-state index is 4.26. The van der Waals surface area contributed by atoms with E-state index < -0.39 is 0 Å². The van der Waals surface area contributed by atoms with E-state index in [9.17, 15) is 0 Å². The van der Waals surface area contributed by atoms with Crippen LogP contribution in [0.25, 0.3) is 0 Å². The number of nitrogens with one attached hydrogen (secondary N) is 1. The first-order valence-electron chi connectivity index (χ1n) is 6.77. The number of aromatic nitrogens is 2. The van der Waals surface area contributed by atoms with E-state index >= 15 is 0 Å². The van der Waals surface area contributed by atoms with Crippen LogP contribution < -0.4 is 5.32 Å². The highest BCUT2D eigenvalue weighted by Gasteiger charge is 2.02. The lowest BCUT2D eigenvalue weighted by Gasteiger charge is -2.12. The number of nitrogens with zero attached hydrogens (tertiary/aromatic N) is 2. The lowest BCUT2D eigenvalue weighted by atomic mass is 10.1. The molecule has 3 nitrogen and oxygen atoms in total. The Hall–Kier alpha value is -1.42. The minimum absolute atomic E-state index is 0.819. The molecule has 0 bridgehead atoms. The summed E-state index contributed by atoms with van der Waals surface area (Å²) in [6, 6.07) is 10.4. The average Bonchev–Trinajstić information content (AvgIpc) is 2.93. The summed E-state index contributed by atoms with van der Waals surface area (Å²) in [6.45, 7) is 4.06. The van der Waals surface area contributed by atoms with Crippen LogP contribution in [0.5, 0.6) is 0 Å². The van der Waals surface area contributed by atoms with Gasteiger partial charge < -0.3 is 5.32 Å². The Morgan fingerprint density at radius 1 is 1.26 bits per heavy atom. The Kier molecular flexibility index (Phi) is 5.82. The van der Waals surface area contributed by atoms with Crippen LogP contribution in [0.15, 0.2) is 42.7 Å². The number of rotatable bonds is 8. The topological polar surface area (TPSA) is 29.9 Å². The molecule has 1 heterocycles. The molecule has 0 spiro atoms. The molecule has 1 aromatic carbocycles. The van der Waals surface area contributed by atoms with Crippen molar-refractivity contribution in [3.63, 3.8) is 0 Å². The van der Waals surface area contributed by atoms with Gasteiger partial charge in [0.05, 0.1) is 6.54 Å². The molecular formula is C15H21N3S. The van der Waals surface area contributed by atoms with Crippen LogP contribution in [0.1, 0.15) is 18.9 Å². The molecule has 1 aromatic heterocycles. The molecular weight excluding hydrogens is 254 g/mol. The molecule has 0 amide bonds. The number of para-hydroxylation sites is 1. The standard InChI is InChI=1S/C15H21N3S/c1-2-19-12-6-9-16-15-8-4-3-7-14(15)13-18-11-5-10-17-18/h3-5,7-8,10-11,16H,2,6,9,12-13H2,1H3. The Labute approximate surface area is 119 Å². The number of hydrogen-bond donors (Lipinski definition) is 1. The van der Waals surface area contributed by atoms with E-state index in [0.717, 1.165) is 13.1 Å². The fourth-order valence-electron chi connectivity index (χ4n) is 1.94. The van der Waals surface area contributed by atoms with Gasteiger partial charge in [0, 0.05) is 24.6 Å². The van der Waals surface area contributed by atoms with Crippen molar-refractivity contribution >= 4 is 17.4 Å². The Morgan fingerprint density at radius 2 is 2.16 bits per heavy atom. The second-order valence-corrected chi connectivity index (χ2v) is 5.73. The summed E-state index contributed by atoms with van der Waals surface area (Å²) < 4.78 is 1.95. The Bertz CT molecular complexity index is 468. The summed E-state index contributed by atoms with van der Waals surface area (Å²) in [7, 11) is 0. The van der Waals surface area contributed by atoms with Gasteiger partial charge in [-0.25, -0.2) is 0 Å². The molecule has 0 saturated carbocycles. The minimum atomic E-state index is 0.819. The van der Waals surface area contributed by atoms with Crippen molar-refractivity contribution in [1.29, 1.82) is 0 Å². The van der Waals surface area contributed by atoms with E-state index in [1.54, 1.807) is 0 Å². The molecule has 2 aromatic rings. The summed E-state index contributed by atoms with van der Waals surface area (Å²) >= 11 is 2.00. The molecule has 0 atom stereocenters. The van der Waals surface area contributed by atoms with Gasteiger partial charge in [-0.15, -0.1) is 0 Å². The monoisotopic (exact) mass is 275 g/mol. The molecule has 2 rings (SSSR count). The van der Waals surface area contributed by atoms with Crippen molar-refractivity contribution in [1.82, 2.24) is 9.78 Å². The van der Waals surface area contributed by atoms with Gasteiger partial charge in [0.25, 0.3) is 0 Å². The van der Waals surface area contributed by atoms with E-state index in [1.165, 1.54) is 29.2 Å². The second-order valence-electron chi connectivity index (χ2n) is 4.34. The third-order valence-corrected chi connectivity index (χ3v) is 3.88. The molecule has 0 aliphatic rings. The smallest absolute Gasteiger partial charge is 0.0679 e. The van der Waals surface area contributed by atoms with Gasteiger partial charge in [-0.1, -0.05) is 25.1 Å². The van der Waals surface area contributed by atoms with Crippen LogP contribution in [0.3, 0.4) is 0 Å².